The van der Waals surface area contributed by atoms with Gasteiger partial charge in [-0.3, -0.25) is 14.4 Å². The summed E-state index contributed by atoms with van der Waals surface area (Å²) in [6, 6.07) is 0. The highest BCUT2D eigenvalue weighted by atomic mass is 16.7. The standard InChI is InChI=1S/C50H78O21/c1-21-32(55)35(58)37(60)43(66-21)64-19-29-34(57)40(70-45-38(61)36(59)33(56)28(18-51)68-45)39(62)44(69-29)65-20-48(6)30-10-9-26-25(47(30,5)14-13-31(48)54)12-16-49(7)24(11-15-50(26,49)8)23-17-27(53)41(67-22(2)52)46(3,4)71-42(23)63/h9,21,23-25,27-30,32-41,43-45,51,53,55-62H,10-20H2,1-8H3/t21-,23-,24-,25-,27+,28+,29+,30+,32-,33+,34+,35+,36-,37+,38+,39+,40-,41-,43+,44+,45-,47+,48+,49-,50+/m0/s1. The summed E-state index contributed by atoms with van der Waals surface area (Å²) >= 11 is 0. The number of ether oxygens (including phenoxy) is 8. The number of allylic oxidation sites excluding steroid dienone is 2. The molecule has 0 amide bonds. The van der Waals surface area contributed by atoms with Crippen LogP contribution in [0.1, 0.15) is 107 Å². The molecule has 0 aromatic heterocycles. The molecule has 4 saturated heterocycles. The smallest absolute Gasteiger partial charge is 0.310 e. The van der Waals surface area contributed by atoms with Crippen molar-refractivity contribution in [2.45, 2.75) is 217 Å². The Balaban J connectivity index is 1.03. The van der Waals surface area contributed by atoms with Crippen molar-refractivity contribution in [2.75, 3.05) is 19.8 Å². The third-order valence-electron chi connectivity index (χ3n) is 19.0. The predicted octanol–water partition coefficient (Wildman–Crippen LogP) is -0.732. The monoisotopic (exact) mass is 1010 g/mol. The maximum Gasteiger partial charge on any atom is 0.310 e. The normalized spacial score (nSPS) is 52.0. The summed E-state index contributed by atoms with van der Waals surface area (Å²) in [6.45, 7) is 13.0. The number of hydrogen-bond donors (Lipinski definition) is 10. The number of hydrogen-bond acceptors (Lipinski definition) is 21. The molecule has 4 aliphatic carbocycles. The van der Waals surface area contributed by atoms with Gasteiger partial charge in [-0.05, 0) is 99.7 Å². The van der Waals surface area contributed by atoms with Gasteiger partial charge in [0.05, 0.1) is 43.4 Å². The fourth-order valence-electron chi connectivity index (χ4n) is 14.5. The van der Waals surface area contributed by atoms with Gasteiger partial charge in [0.25, 0.3) is 0 Å². The zero-order valence-electron chi connectivity index (χ0n) is 41.9. The van der Waals surface area contributed by atoms with E-state index in [1.54, 1.807) is 13.8 Å². The molecule has 0 unspecified atom stereocenters. The van der Waals surface area contributed by atoms with Crippen molar-refractivity contribution in [3.8, 4) is 0 Å². The van der Waals surface area contributed by atoms with Crippen LogP contribution in [0.5, 0.6) is 0 Å². The van der Waals surface area contributed by atoms with Crippen LogP contribution in [0.15, 0.2) is 11.6 Å². The Morgan fingerprint density at radius 1 is 0.746 bits per heavy atom. The van der Waals surface area contributed by atoms with Gasteiger partial charge in [-0.25, -0.2) is 0 Å². The van der Waals surface area contributed by atoms with Crippen LogP contribution < -0.4 is 0 Å². The lowest BCUT2D eigenvalue weighted by Gasteiger charge is -2.63. The van der Waals surface area contributed by atoms with E-state index in [4.69, 9.17) is 37.9 Å². The van der Waals surface area contributed by atoms with E-state index >= 15 is 0 Å². The number of esters is 2. The SMILES string of the molecule is CC(=O)O[C@H]1[C@H](O)C[C@@H]([C@@H]2CC[C@]3(C)C4=CC[C@@H]5[C@](C)(CCC(=O)[C@]5(C)CO[C@@H]5O[C@H](CO[C@@H]6O[C@@H](C)[C@H](O)[C@@H](O)[C@H]6O)[C@@H](O)[C@H](O[C@@H]6O[C@H](CO)[C@@H](O)[C@H](O)[C@H]6O)[C@H]5O)[C@H]4CC[C@@]23C)C(=O)OC1(C)C. The quantitative estimate of drug-likeness (QED) is 0.0901. The topological polar surface area (TPSA) is 327 Å². The van der Waals surface area contributed by atoms with Gasteiger partial charge in [0.1, 0.15) is 78.5 Å². The van der Waals surface area contributed by atoms with Crippen LogP contribution in [0.2, 0.25) is 0 Å². The highest BCUT2D eigenvalue weighted by molar-refractivity contribution is 5.86. The minimum absolute atomic E-state index is 0.0531. The molecular formula is C50H78O21. The summed E-state index contributed by atoms with van der Waals surface area (Å²) in [7, 11) is 0. The van der Waals surface area contributed by atoms with Gasteiger partial charge >= 0.3 is 11.9 Å². The van der Waals surface area contributed by atoms with Crippen LogP contribution in [0, 0.1) is 45.3 Å². The lowest BCUT2D eigenvalue weighted by atomic mass is 9.41. The second kappa shape index (κ2) is 20.0. The number of carbonyl (C=O) groups excluding carboxylic acids is 3. The molecule has 21 nitrogen and oxygen atoms in total. The molecule has 3 saturated carbocycles. The summed E-state index contributed by atoms with van der Waals surface area (Å²) in [5, 5.41) is 108. The molecule has 8 aliphatic rings. The minimum Gasteiger partial charge on any atom is -0.456 e. The Bertz CT molecular complexity index is 2000. The molecule has 0 bridgehead atoms. The average molecular weight is 1020 g/mol. The minimum atomic E-state index is -1.91. The molecule has 0 aromatic rings. The van der Waals surface area contributed by atoms with Crippen LogP contribution in [0.4, 0.5) is 0 Å². The Labute approximate surface area is 413 Å². The summed E-state index contributed by atoms with van der Waals surface area (Å²) in [5.41, 5.74) is -2.18. The second-order valence-corrected chi connectivity index (χ2v) is 23.4. The molecule has 0 spiro atoms. The van der Waals surface area contributed by atoms with E-state index in [-0.39, 0.29) is 53.8 Å². The van der Waals surface area contributed by atoms with Crippen LogP contribution in [-0.4, -0.2) is 199 Å². The zero-order valence-corrected chi connectivity index (χ0v) is 41.9. The third-order valence-corrected chi connectivity index (χ3v) is 19.0. The highest BCUT2D eigenvalue weighted by Gasteiger charge is 2.68. The number of aliphatic hydroxyl groups is 10. The number of cyclic esters (lactones) is 1. The van der Waals surface area contributed by atoms with Crippen molar-refractivity contribution in [2.24, 2.45) is 45.3 Å². The maximum absolute atomic E-state index is 14.4. The first-order chi connectivity index (χ1) is 33.1. The maximum atomic E-state index is 14.4. The Morgan fingerprint density at radius 2 is 1.39 bits per heavy atom. The van der Waals surface area contributed by atoms with Gasteiger partial charge in [-0.15, -0.1) is 0 Å². The largest absolute Gasteiger partial charge is 0.456 e. The number of Topliss-reactive ketones (excluding diaryl/α,β-unsaturated/α-hetero) is 1. The van der Waals surface area contributed by atoms with Crippen molar-refractivity contribution in [1.29, 1.82) is 0 Å². The Kier molecular flexibility index (Phi) is 15.5. The molecule has 8 rings (SSSR count). The molecule has 25 atom stereocenters. The molecule has 4 heterocycles. The average Bonchev–Trinajstić information content (AvgIpc) is 3.55. The van der Waals surface area contributed by atoms with Crippen molar-refractivity contribution in [3.05, 3.63) is 11.6 Å². The van der Waals surface area contributed by atoms with Gasteiger partial charge in [0.2, 0.25) is 0 Å². The highest BCUT2D eigenvalue weighted by Crippen LogP contribution is 2.73. The summed E-state index contributed by atoms with van der Waals surface area (Å²) < 4.78 is 46.9. The van der Waals surface area contributed by atoms with E-state index in [1.807, 2.05) is 6.92 Å². The molecule has 21 heteroatoms. The molecule has 0 radical (unpaired) electrons. The summed E-state index contributed by atoms with van der Waals surface area (Å²) in [6.07, 6.45) is -19.7. The first-order valence-corrected chi connectivity index (χ1v) is 25.4. The summed E-state index contributed by atoms with van der Waals surface area (Å²) in [5.74, 6) is -1.98. The van der Waals surface area contributed by atoms with Gasteiger partial charge in [-0.2, -0.15) is 0 Å². The first-order valence-electron chi connectivity index (χ1n) is 25.4. The molecule has 71 heavy (non-hydrogen) atoms. The van der Waals surface area contributed by atoms with Crippen molar-refractivity contribution < 1.29 is 103 Å². The van der Waals surface area contributed by atoms with Gasteiger partial charge in [0, 0.05) is 13.3 Å². The van der Waals surface area contributed by atoms with E-state index < -0.39 is 152 Å². The van der Waals surface area contributed by atoms with Gasteiger partial charge in [-0.1, -0.05) is 39.3 Å². The van der Waals surface area contributed by atoms with Crippen LogP contribution in [0.25, 0.3) is 0 Å². The summed E-state index contributed by atoms with van der Waals surface area (Å²) in [4.78, 5) is 40.4. The van der Waals surface area contributed by atoms with Gasteiger partial charge in [0.15, 0.2) is 25.0 Å². The molecule has 4 aliphatic heterocycles. The van der Waals surface area contributed by atoms with E-state index in [2.05, 4.69) is 26.8 Å². The lowest BCUT2D eigenvalue weighted by molar-refractivity contribution is -0.367. The molecule has 404 valence electrons. The Hall–Kier alpha value is -2.29. The van der Waals surface area contributed by atoms with Crippen molar-refractivity contribution in [1.82, 2.24) is 0 Å². The first kappa shape index (κ1) is 55.0. The van der Waals surface area contributed by atoms with Crippen LogP contribution >= 0.6 is 0 Å². The zero-order chi connectivity index (χ0) is 52.1. The molecule has 10 N–H and O–H groups in total. The number of aliphatic hydroxyl groups excluding tert-OH is 10. The molecule has 0 aromatic carbocycles. The van der Waals surface area contributed by atoms with E-state index in [9.17, 15) is 65.4 Å². The van der Waals surface area contributed by atoms with Crippen molar-refractivity contribution >= 4 is 17.7 Å². The number of fused-ring (bicyclic) bond motifs is 5. The third kappa shape index (κ3) is 9.26. The number of carbonyl (C=O) groups is 3. The fraction of sp³-hybridized carbons (Fsp3) is 0.900. The van der Waals surface area contributed by atoms with Crippen LogP contribution in [-0.2, 0) is 52.3 Å². The molecular weight excluding hydrogens is 937 g/mol. The van der Waals surface area contributed by atoms with E-state index in [0.717, 1.165) is 25.7 Å². The number of rotatable bonds is 11. The lowest BCUT2D eigenvalue weighted by Crippen LogP contribution is -2.65. The van der Waals surface area contributed by atoms with E-state index in [1.165, 1.54) is 19.4 Å². The Morgan fingerprint density at radius 3 is 2.07 bits per heavy atom. The predicted molar refractivity (Wildman–Crippen MR) is 242 cm³/mol. The van der Waals surface area contributed by atoms with E-state index in [0.29, 0.717) is 12.8 Å². The van der Waals surface area contributed by atoms with Crippen LogP contribution in [0.3, 0.4) is 0 Å². The van der Waals surface area contributed by atoms with Crippen molar-refractivity contribution in [3.63, 3.8) is 0 Å². The fourth-order valence-corrected chi connectivity index (χ4v) is 14.5. The second-order valence-electron chi connectivity index (χ2n) is 23.4. The molecule has 7 fully saturated rings. The number of ketones is 1. The van der Waals surface area contributed by atoms with Gasteiger partial charge < -0.3 is 89.0 Å².